The van der Waals surface area contributed by atoms with Gasteiger partial charge < -0.3 is 19.3 Å². The first-order valence-corrected chi connectivity index (χ1v) is 5.58. The van der Waals surface area contributed by atoms with Crippen molar-refractivity contribution in [2.24, 2.45) is 0 Å². The third-order valence-corrected chi connectivity index (χ3v) is 2.72. The van der Waals surface area contributed by atoms with Crippen LogP contribution in [0.5, 0.6) is 17.2 Å². The Labute approximate surface area is 106 Å². The van der Waals surface area contributed by atoms with Crippen LogP contribution in [0.4, 0.5) is 0 Å². The summed E-state index contributed by atoms with van der Waals surface area (Å²) >= 11 is 6.14. The van der Waals surface area contributed by atoms with Crippen molar-refractivity contribution in [3.8, 4) is 17.2 Å². The molecule has 1 aromatic carbocycles. The summed E-state index contributed by atoms with van der Waals surface area (Å²) in [7, 11) is 4.58. The van der Waals surface area contributed by atoms with Gasteiger partial charge in [0.15, 0.2) is 11.5 Å². The van der Waals surface area contributed by atoms with Gasteiger partial charge in [0.1, 0.15) is 0 Å². The van der Waals surface area contributed by atoms with Gasteiger partial charge in [-0.05, 0) is 6.92 Å². The van der Waals surface area contributed by atoms with Crippen LogP contribution < -0.4 is 14.2 Å². The zero-order valence-corrected chi connectivity index (χ0v) is 11.2. The highest BCUT2D eigenvalue weighted by molar-refractivity contribution is 6.31. The Hall–Kier alpha value is -1.13. The molecule has 1 atom stereocenters. The molecule has 1 aromatic rings. The largest absolute Gasteiger partial charge is 0.493 e. The first-order valence-electron chi connectivity index (χ1n) is 5.20. The van der Waals surface area contributed by atoms with Crippen LogP contribution in [0.2, 0.25) is 5.02 Å². The third kappa shape index (κ3) is 2.96. The molecule has 4 nitrogen and oxygen atoms in total. The van der Waals surface area contributed by atoms with E-state index in [-0.39, 0.29) is 0 Å². The summed E-state index contributed by atoms with van der Waals surface area (Å²) in [6.07, 6.45) is -0.123. The smallest absolute Gasteiger partial charge is 0.203 e. The summed E-state index contributed by atoms with van der Waals surface area (Å²) in [4.78, 5) is 0. The number of rotatable bonds is 5. The number of benzene rings is 1. The number of hydrogen-bond donors (Lipinski definition) is 1. The van der Waals surface area contributed by atoms with Crippen LogP contribution in [0.15, 0.2) is 6.07 Å². The molecule has 17 heavy (non-hydrogen) atoms. The minimum absolute atomic E-state index is 0.391. The van der Waals surface area contributed by atoms with E-state index in [2.05, 4.69) is 0 Å². The molecule has 0 fully saturated rings. The maximum atomic E-state index is 9.45. The average molecular weight is 261 g/mol. The van der Waals surface area contributed by atoms with Crippen molar-refractivity contribution < 1.29 is 19.3 Å². The van der Waals surface area contributed by atoms with Gasteiger partial charge in [0.05, 0.1) is 32.5 Å². The van der Waals surface area contributed by atoms with Crippen LogP contribution in [0.1, 0.15) is 12.5 Å². The van der Waals surface area contributed by atoms with E-state index in [1.54, 1.807) is 13.0 Å². The van der Waals surface area contributed by atoms with Gasteiger partial charge in [-0.2, -0.15) is 0 Å². The molecular formula is C12H17ClO4. The van der Waals surface area contributed by atoms with E-state index in [4.69, 9.17) is 25.8 Å². The second-order valence-electron chi connectivity index (χ2n) is 3.66. The van der Waals surface area contributed by atoms with E-state index in [9.17, 15) is 5.11 Å². The van der Waals surface area contributed by atoms with Crippen LogP contribution in [-0.4, -0.2) is 32.5 Å². The Kier molecular flexibility index (Phi) is 4.90. The fourth-order valence-corrected chi connectivity index (χ4v) is 1.93. The molecule has 96 valence electrons. The molecule has 0 heterocycles. The van der Waals surface area contributed by atoms with Crippen molar-refractivity contribution in [3.63, 3.8) is 0 Å². The third-order valence-electron chi connectivity index (χ3n) is 2.38. The van der Waals surface area contributed by atoms with Crippen LogP contribution in [-0.2, 0) is 6.42 Å². The molecule has 1 rings (SSSR count). The monoisotopic (exact) mass is 260 g/mol. The summed E-state index contributed by atoms with van der Waals surface area (Å²) in [5.74, 6) is 1.48. The second-order valence-corrected chi connectivity index (χ2v) is 4.07. The maximum Gasteiger partial charge on any atom is 0.203 e. The lowest BCUT2D eigenvalue weighted by Gasteiger charge is -2.18. The summed E-state index contributed by atoms with van der Waals surface area (Å²) in [5.41, 5.74) is 0.710. The highest BCUT2D eigenvalue weighted by Gasteiger charge is 2.20. The van der Waals surface area contributed by atoms with Crippen molar-refractivity contribution in [2.45, 2.75) is 19.4 Å². The van der Waals surface area contributed by atoms with Gasteiger partial charge in [-0.15, -0.1) is 0 Å². The molecule has 0 aliphatic rings. The van der Waals surface area contributed by atoms with Crippen LogP contribution in [0.25, 0.3) is 0 Å². The SMILES string of the molecule is COc1cc(Cl)c(CC(C)O)c(OC)c1OC. The second kappa shape index (κ2) is 5.98. The van der Waals surface area contributed by atoms with Crippen molar-refractivity contribution in [3.05, 3.63) is 16.7 Å². The fourth-order valence-electron chi connectivity index (χ4n) is 1.67. The molecule has 1 unspecified atom stereocenters. The van der Waals surface area contributed by atoms with Gasteiger partial charge >= 0.3 is 0 Å². The van der Waals surface area contributed by atoms with Gasteiger partial charge in [0.25, 0.3) is 0 Å². The topological polar surface area (TPSA) is 47.9 Å². The van der Waals surface area contributed by atoms with Crippen molar-refractivity contribution in [1.82, 2.24) is 0 Å². The van der Waals surface area contributed by atoms with Crippen molar-refractivity contribution >= 4 is 11.6 Å². The molecule has 0 aromatic heterocycles. The molecule has 5 heteroatoms. The van der Waals surface area contributed by atoms with E-state index >= 15 is 0 Å². The predicted octanol–water partition coefficient (Wildman–Crippen LogP) is 2.29. The summed E-state index contributed by atoms with van der Waals surface area (Å²) < 4.78 is 15.7. The molecule has 0 aliphatic heterocycles. The first kappa shape index (κ1) is 13.9. The van der Waals surface area contributed by atoms with E-state index in [1.807, 2.05) is 0 Å². The van der Waals surface area contributed by atoms with Gasteiger partial charge in [0.2, 0.25) is 5.75 Å². The maximum absolute atomic E-state index is 9.45. The van der Waals surface area contributed by atoms with E-state index in [1.165, 1.54) is 21.3 Å². The summed E-state index contributed by atoms with van der Waals surface area (Å²) in [5, 5.41) is 9.94. The lowest BCUT2D eigenvalue weighted by molar-refractivity contribution is 0.193. The highest BCUT2D eigenvalue weighted by atomic mass is 35.5. The number of hydrogen-bond acceptors (Lipinski definition) is 4. The van der Waals surface area contributed by atoms with E-state index in [0.717, 1.165) is 0 Å². The summed E-state index contributed by atoms with van der Waals surface area (Å²) in [6.45, 7) is 1.69. The number of aliphatic hydroxyl groups excluding tert-OH is 1. The molecule has 0 saturated carbocycles. The molecule has 1 N–H and O–H groups in total. The Morgan fingerprint density at radius 1 is 1.18 bits per heavy atom. The normalized spacial score (nSPS) is 12.1. The van der Waals surface area contributed by atoms with Gasteiger partial charge in [-0.3, -0.25) is 0 Å². The Morgan fingerprint density at radius 2 is 1.76 bits per heavy atom. The number of methoxy groups -OCH3 is 3. The zero-order chi connectivity index (χ0) is 13.0. The number of aliphatic hydroxyl groups is 1. The van der Waals surface area contributed by atoms with E-state index < -0.39 is 6.10 Å². The van der Waals surface area contributed by atoms with Crippen LogP contribution in [0, 0.1) is 0 Å². The average Bonchev–Trinajstić information content (AvgIpc) is 2.30. The minimum Gasteiger partial charge on any atom is -0.493 e. The fraction of sp³-hybridized carbons (Fsp3) is 0.500. The molecule has 0 radical (unpaired) electrons. The van der Waals surface area contributed by atoms with Gasteiger partial charge in [-0.1, -0.05) is 11.6 Å². The Balaban J connectivity index is 3.38. The molecule has 0 saturated heterocycles. The summed E-state index contributed by atoms with van der Waals surface area (Å²) in [6, 6.07) is 1.65. The lowest BCUT2D eigenvalue weighted by atomic mass is 10.1. The Bertz CT molecular complexity index is 391. The van der Waals surface area contributed by atoms with Crippen LogP contribution >= 0.6 is 11.6 Å². The van der Waals surface area contributed by atoms with Crippen molar-refractivity contribution in [2.75, 3.05) is 21.3 Å². The highest BCUT2D eigenvalue weighted by Crippen LogP contribution is 2.44. The lowest BCUT2D eigenvalue weighted by Crippen LogP contribution is -2.08. The van der Waals surface area contributed by atoms with E-state index in [0.29, 0.717) is 34.3 Å². The minimum atomic E-state index is -0.514. The molecule has 0 bridgehead atoms. The first-order chi connectivity index (χ1) is 8.04. The molecule has 0 spiro atoms. The molecule has 0 amide bonds. The van der Waals surface area contributed by atoms with Crippen molar-refractivity contribution in [1.29, 1.82) is 0 Å². The van der Waals surface area contributed by atoms with Gasteiger partial charge in [0, 0.05) is 18.1 Å². The standard InChI is InChI=1S/C12H17ClO4/c1-7(14)5-8-9(13)6-10(15-2)12(17-4)11(8)16-3/h6-7,14H,5H2,1-4H3. The molecular weight excluding hydrogens is 244 g/mol. The zero-order valence-electron chi connectivity index (χ0n) is 10.4. The quantitative estimate of drug-likeness (QED) is 0.883. The van der Waals surface area contributed by atoms with Crippen LogP contribution in [0.3, 0.4) is 0 Å². The number of halogens is 1. The molecule has 0 aliphatic carbocycles. The van der Waals surface area contributed by atoms with Gasteiger partial charge in [-0.25, -0.2) is 0 Å². The predicted molar refractivity (Wildman–Crippen MR) is 66.5 cm³/mol. The Morgan fingerprint density at radius 3 is 2.18 bits per heavy atom. The number of ether oxygens (including phenoxy) is 3.